The molecular formula is C13H25NO3. The Morgan fingerprint density at radius 3 is 2.35 bits per heavy atom. The minimum absolute atomic E-state index is 0.236. The van der Waals surface area contributed by atoms with Crippen LogP contribution in [0.5, 0.6) is 0 Å². The Morgan fingerprint density at radius 1 is 1.41 bits per heavy atom. The minimum Gasteiger partial charge on any atom is -0.444 e. The number of hydrogen-bond acceptors (Lipinski definition) is 3. The van der Waals surface area contributed by atoms with Crippen LogP contribution in [0.3, 0.4) is 0 Å². The van der Waals surface area contributed by atoms with E-state index in [9.17, 15) is 9.90 Å². The molecule has 1 amide bonds. The van der Waals surface area contributed by atoms with Crippen molar-refractivity contribution in [3.63, 3.8) is 0 Å². The maximum Gasteiger partial charge on any atom is 0.410 e. The second-order valence-corrected chi connectivity index (χ2v) is 5.92. The maximum absolute atomic E-state index is 12.1. The van der Waals surface area contributed by atoms with E-state index in [0.29, 0.717) is 6.54 Å². The van der Waals surface area contributed by atoms with Gasteiger partial charge in [0.05, 0.1) is 6.10 Å². The van der Waals surface area contributed by atoms with Gasteiger partial charge in [-0.05, 0) is 40.5 Å². The van der Waals surface area contributed by atoms with E-state index >= 15 is 0 Å². The molecule has 1 atom stereocenters. The Kier molecular flexibility index (Phi) is 4.80. The molecule has 0 aliphatic heterocycles. The lowest BCUT2D eigenvalue weighted by Crippen LogP contribution is -2.45. The summed E-state index contributed by atoms with van der Waals surface area (Å²) in [5.41, 5.74) is -0.480. The number of carbonyl (C=O) groups is 1. The number of amides is 1. The standard InChI is InChI=1S/C13H25NO3/c1-10(15)9-14(11-7-5-6-8-11)12(16)17-13(2,3)4/h10-11,15H,5-9H2,1-4H3/t10-/m1/s1. The number of hydrogen-bond donors (Lipinski definition) is 1. The fourth-order valence-electron chi connectivity index (χ4n) is 2.19. The van der Waals surface area contributed by atoms with Gasteiger partial charge in [0, 0.05) is 12.6 Å². The summed E-state index contributed by atoms with van der Waals surface area (Å²) < 4.78 is 5.39. The first-order valence-electron chi connectivity index (χ1n) is 6.47. The van der Waals surface area contributed by atoms with E-state index in [-0.39, 0.29) is 12.1 Å². The first-order chi connectivity index (χ1) is 7.79. The SMILES string of the molecule is C[C@@H](O)CN(C(=O)OC(C)(C)C)C1CCCC1. The van der Waals surface area contributed by atoms with Crippen LogP contribution in [0.25, 0.3) is 0 Å². The van der Waals surface area contributed by atoms with Crippen molar-refractivity contribution in [2.75, 3.05) is 6.54 Å². The Bertz CT molecular complexity index is 252. The molecule has 0 saturated heterocycles. The van der Waals surface area contributed by atoms with Crippen molar-refractivity contribution in [1.29, 1.82) is 0 Å². The van der Waals surface area contributed by atoms with Crippen molar-refractivity contribution in [3.8, 4) is 0 Å². The molecule has 1 aliphatic rings. The number of nitrogens with zero attached hydrogens (tertiary/aromatic N) is 1. The van der Waals surface area contributed by atoms with E-state index in [1.54, 1.807) is 11.8 Å². The Balaban J connectivity index is 2.64. The van der Waals surface area contributed by atoms with E-state index in [1.807, 2.05) is 20.8 Å². The molecule has 0 aromatic carbocycles. The van der Waals surface area contributed by atoms with Crippen LogP contribution in [-0.4, -0.2) is 40.4 Å². The van der Waals surface area contributed by atoms with Crippen molar-refractivity contribution in [2.24, 2.45) is 0 Å². The predicted molar refractivity (Wildman–Crippen MR) is 66.9 cm³/mol. The van der Waals surface area contributed by atoms with Crippen LogP contribution in [0.15, 0.2) is 0 Å². The topological polar surface area (TPSA) is 49.8 Å². The van der Waals surface area contributed by atoms with Crippen LogP contribution in [0.1, 0.15) is 53.4 Å². The van der Waals surface area contributed by atoms with Gasteiger partial charge in [-0.3, -0.25) is 0 Å². The number of rotatable bonds is 3. The average Bonchev–Trinajstić information content (AvgIpc) is 2.63. The third-order valence-corrected chi connectivity index (χ3v) is 2.85. The highest BCUT2D eigenvalue weighted by molar-refractivity contribution is 5.68. The first kappa shape index (κ1) is 14.3. The molecule has 0 aromatic rings. The smallest absolute Gasteiger partial charge is 0.410 e. The molecule has 0 bridgehead atoms. The minimum atomic E-state index is -0.511. The number of ether oxygens (including phenoxy) is 1. The number of carbonyl (C=O) groups excluding carboxylic acids is 1. The first-order valence-corrected chi connectivity index (χ1v) is 6.47. The van der Waals surface area contributed by atoms with E-state index in [4.69, 9.17) is 4.74 Å². The van der Waals surface area contributed by atoms with Crippen LogP contribution in [-0.2, 0) is 4.74 Å². The molecule has 1 rings (SSSR count). The third-order valence-electron chi connectivity index (χ3n) is 2.85. The van der Waals surface area contributed by atoms with Gasteiger partial charge in [0.15, 0.2) is 0 Å². The lowest BCUT2D eigenvalue weighted by molar-refractivity contribution is 0.00621. The molecule has 1 aliphatic carbocycles. The molecule has 0 unspecified atom stereocenters. The van der Waals surface area contributed by atoms with Crippen molar-refractivity contribution in [1.82, 2.24) is 4.90 Å². The normalized spacial score (nSPS) is 19.1. The Labute approximate surface area is 104 Å². The van der Waals surface area contributed by atoms with Gasteiger partial charge in [0.25, 0.3) is 0 Å². The molecule has 100 valence electrons. The van der Waals surface area contributed by atoms with E-state index in [1.165, 1.54) is 0 Å². The van der Waals surface area contributed by atoms with E-state index in [2.05, 4.69) is 0 Å². The maximum atomic E-state index is 12.1. The summed E-state index contributed by atoms with van der Waals surface area (Å²) in [6.07, 6.45) is 3.54. The molecule has 17 heavy (non-hydrogen) atoms. The molecule has 0 aromatic heterocycles. The number of aliphatic hydroxyl groups excluding tert-OH is 1. The summed E-state index contributed by atoms with van der Waals surface area (Å²) in [6.45, 7) is 7.65. The van der Waals surface area contributed by atoms with Crippen LogP contribution in [0, 0.1) is 0 Å². The third kappa shape index (κ3) is 4.94. The second-order valence-electron chi connectivity index (χ2n) is 5.92. The summed E-state index contributed by atoms with van der Waals surface area (Å²) in [4.78, 5) is 13.8. The summed E-state index contributed by atoms with van der Waals surface area (Å²) in [7, 11) is 0. The summed E-state index contributed by atoms with van der Waals surface area (Å²) in [6, 6.07) is 0.236. The zero-order valence-corrected chi connectivity index (χ0v) is 11.4. The van der Waals surface area contributed by atoms with E-state index < -0.39 is 11.7 Å². The zero-order chi connectivity index (χ0) is 13.1. The van der Waals surface area contributed by atoms with Crippen molar-refractivity contribution >= 4 is 6.09 Å². The highest BCUT2D eigenvalue weighted by Gasteiger charge is 2.30. The Hall–Kier alpha value is -0.770. The largest absolute Gasteiger partial charge is 0.444 e. The zero-order valence-electron chi connectivity index (χ0n) is 11.4. The van der Waals surface area contributed by atoms with Crippen LogP contribution >= 0.6 is 0 Å². The summed E-state index contributed by atoms with van der Waals surface area (Å²) in [5, 5.41) is 9.48. The van der Waals surface area contributed by atoms with Gasteiger partial charge in [0.2, 0.25) is 0 Å². The molecule has 1 fully saturated rings. The lowest BCUT2D eigenvalue weighted by atomic mass is 10.2. The van der Waals surface area contributed by atoms with Gasteiger partial charge in [-0.25, -0.2) is 4.79 Å². The van der Waals surface area contributed by atoms with Gasteiger partial charge >= 0.3 is 6.09 Å². The van der Waals surface area contributed by atoms with Crippen molar-refractivity contribution in [3.05, 3.63) is 0 Å². The van der Waals surface area contributed by atoms with E-state index in [0.717, 1.165) is 25.7 Å². The summed E-state index contributed by atoms with van der Waals surface area (Å²) >= 11 is 0. The highest BCUT2D eigenvalue weighted by Crippen LogP contribution is 2.25. The van der Waals surface area contributed by atoms with Gasteiger partial charge in [-0.2, -0.15) is 0 Å². The Morgan fingerprint density at radius 2 is 1.94 bits per heavy atom. The molecule has 0 radical (unpaired) electrons. The van der Waals surface area contributed by atoms with Crippen LogP contribution in [0.2, 0.25) is 0 Å². The fourth-order valence-corrected chi connectivity index (χ4v) is 2.19. The quantitative estimate of drug-likeness (QED) is 0.828. The number of aliphatic hydroxyl groups is 1. The van der Waals surface area contributed by atoms with Crippen molar-refractivity contribution in [2.45, 2.75) is 71.1 Å². The van der Waals surface area contributed by atoms with Gasteiger partial charge in [-0.1, -0.05) is 12.8 Å². The second kappa shape index (κ2) is 5.71. The molecule has 4 heteroatoms. The van der Waals surface area contributed by atoms with Crippen molar-refractivity contribution < 1.29 is 14.6 Å². The summed E-state index contributed by atoms with van der Waals surface area (Å²) in [5.74, 6) is 0. The predicted octanol–water partition coefficient (Wildman–Crippen LogP) is 2.55. The molecule has 1 saturated carbocycles. The fraction of sp³-hybridized carbons (Fsp3) is 0.923. The van der Waals surface area contributed by atoms with Crippen LogP contribution < -0.4 is 0 Å². The molecule has 4 nitrogen and oxygen atoms in total. The molecule has 1 N–H and O–H groups in total. The lowest BCUT2D eigenvalue weighted by Gasteiger charge is -2.32. The average molecular weight is 243 g/mol. The van der Waals surface area contributed by atoms with Gasteiger partial charge < -0.3 is 14.7 Å². The van der Waals surface area contributed by atoms with Crippen LogP contribution in [0.4, 0.5) is 4.79 Å². The molecule has 0 heterocycles. The highest BCUT2D eigenvalue weighted by atomic mass is 16.6. The molecule has 0 spiro atoms. The molecular weight excluding hydrogens is 218 g/mol. The van der Waals surface area contributed by atoms with Gasteiger partial charge in [0.1, 0.15) is 5.60 Å². The van der Waals surface area contributed by atoms with Gasteiger partial charge in [-0.15, -0.1) is 0 Å². The monoisotopic (exact) mass is 243 g/mol.